The standard InChI is InChI=1S/C12H22N4O2S/c1-3-10-14-8-11(16-10)19(17,18)15-9-12(2)4-6-13-7-5-12/h8,13,15H,3-7,9H2,1-2H3,(H,14,16). The first-order valence-corrected chi connectivity index (χ1v) is 8.18. The van der Waals surface area contributed by atoms with Crippen molar-refractivity contribution in [3.8, 4) is 0 Å². The van der Waals surface area contributed by atoms with Gasteiger partial charge in [-0.25, -0.2) is 18.1 Å². The zero-order chi connectivity index (χ0) is 13.9. The molecule has 1 aliphatic rings. The summed E-state index contributed by atoms with van der Waals surface area (Å²) in [6.07, 6.45) is 4.04. The first kappa shape index (κ1) is 14.5. The van der Waals surface area contributed by atoms with Crippen molar-refractivity contribution in [1.82, 2.24) is 20.0 Å². The van der Waals surface area contributed by atoms with Gasteiger partial charge in [-0.05, 0) is 31.3 Å². The zero-order valence-electron chi connectivity index (χ0n) is 11.5. The van der Waals surface area contributed by atoms with Crippen LogP contribution >= 0.6 is 0 Å². The minimum Gasteiger partial charge on any atom is -0.332 e. The van der Waals surface area contributed by atoms with E-state index in [0.717, 1.165) is 25.9 Å². The van der Waals surface area contributed by atoms with Gasteiger partial charge in [0, 0.05) is 13.0 Å². The van der Waals surface area contributed by atoms with Gasteiger partial charge in [-0.1, -0.05) is 13.8 Å². The van der Waals surface area contributed by atoms with Crippen LogP contribution in [0.1, 0.15) is 32.5 Å². The highest BCUT2D eigenvalue weighted by Gasteiger charge is 2.29. The van der Waals surface area contributed by atoms with Gasteiger partial charge in [0.1, 0.15) is 5.82 Å². The van der Waals surface area contributed by atoms with Gasteiger partial charge in [0.05, 0.1) is 6.20 Å². The van der Waals surface area contributed by atoms with Crippen LogP contribution in [0.5, 0.6) is 0 Å². The van der Waals surface area contributed by atoms with E-state index in [9.17, 15) is 8.42 Å². The van der Waals surface area contributed by atoms with Crippen LogP contribution < -0.4 is 10.0 Å². The second kappa shape index (κ2) is 5.60. The number of nitrogens with zero attached hydrogens (tertiary/aromatic N) is 1. The molecule has 0 spiro atoms. The summed E-state index contributed by atoms with van der Waals surface area (Å²) in [4.78, 5) is 6.86. The van der Waals surface area contributed by atoms with E-state index in [-0.39, 0.29) is 10.4 Å². The van der Waals surface area contributed by atoms with Crippen molar-refractivity contribution in [2.75, 3.05) is 19.6 Å². The summed E-state index contributed by atoms with van der Waals surface area (Å²) >= 11 is 0. The highest BCUT2D eigenvalue weighted by molar-refractivity contribution is 7.89. The summed E-state index contributed by atoms with van der Waals surface area (Å²) < 4.78 is 27.0. The van der Waals surface area contributed by atoms with Crippen molar-refractivity contribution in [1.29, 1.82) is 0 Å². The molecular weight excluding hydrogens is 264 g/mol. The average Bonchev–Trinajstić information content (AvgIpc) is 2.87. The highest BCUT2D eigenvalue weighted by Crippen LogP contribution is 2.27. The molecule has 0 saturated carbocycles. The smallest absolute Gasteiger partial charge is 0.257 e. The van der Waals surface area contributed by atoms with Gasteiger partial charge in [0.15, 0.2) is 5.03 Å². The fourth-order valence-corrected chi connectivity index (χ4v) is 3.35. The maximum absolute atomic E-state index is 12.1. The third-order valence-corrected chi connectivity index (χ3v) is 5.04. The van der Waals surface area contributed by atoms with Gasteiger partial charge in [0.2, 0.25) is 0 Å². The van der Waals surface area contributed by atoms with Crippen LogP contribution in [0.15, 0.2) is 11.2 Å². The van der Waals surface area contributed by atoms with Gasteiger partial charge in [-0.15, -0.1) is 0 Å². The van der Waals surface area contributed by atoms with E-state index < -0.39 is 10.0 Å². The normalized spacial score (nSPS) is 19.5. The topological polar surface area (TPSA) is 86.9 Å². The average molecular weight is 286 g/mol. The zero-order valence-corrected chi connectivity index (χ0v) is 12.3. The number of nitrogens with one attached hydrogen (secondary N) is 3. The molecule has 0 radical (unpaired) electrons. The Morgan fingerprint density at radius 2 is 2.11 bits per heavy atom. The lowest BCUT2D eigenvalue weighted by atomic mass is 9.81. The van der Waals surface area contributed by atoms with Gasteiger partial charge >= 0.3 is 0 Å². The molecular formula is C12H22N4O2S. The maximum atomic E-state index is 12.1. The SMILES string of the molecule is CCc1ncc(S(=O)(=O)NCC2(C)CCNCC2)[nH]1. The number of rotatable bonds is 5. The molecule has 6 nitrogen and oxygen atoms in total. The lowest BCUT2D eigenvalue weighted by Gasteiger charge is -2.33. The Balaban J connectivity index is 2.01. The predicted octanol–water partition coefficient (Wildman–Crippen LogP) is 0.640. The molecule has 3 N–H and O–H groups in total. The molecule has 2 heterocycles. The molecule has 0 unspecified atom stereocenters. The van der Waals surface area contributed by atoms with Gasteiger partial charge < -0.3 is 10.3 Å². The van der Waals surface area contributed by atoms with E-state index >= 15 is 0 Å². The van der Waals surface area contributed by atoms with Crippen LogP contribution in [0.3, 0.4) is 0 Å². The van der Waals surface area contributed by atoms with E-state index in [4.69, 9.17) is 0 Å². The first-order chi connectivity index (χ1) is 8.95. The fourth-order valence-electron chi connectivity index (χ4n) is 2.21. The quantitative estimate of drug-likeness (QED) is 0.741. The van der Waals surface area contributed by atoms with Crippen molar-refractivity contribution < 1.29 is 8.42 Å². The Bertz CT molecular complexity index is 518. The number of piperidine rings is 1. The molecule has 108 valence electrons. The molecule has 1 aromatic heterocycles. The molecule has 0 aromatic carbocycles. The minimum atomic E-state index is -3.48. The Labute approximate surface area is 114 Å². The second-order valence-corrected chi connectivity index (χ2v) is 7.17. The van der Waals surface area contributed by atoms with E-state index in [2.05, 4.69) is 26.9 Å². The Hall–Kier alpha value is -0.920. The van der Waals surface area contributed by atoms with Crippen molar-refractivity contribution in [3.63, 3.8) is 0 Å². The van der Waals surface area contributed by atoms with Crippen molar-refractivity contribution >= 4 is 10.0 Å². The Kier molecular flexibility index (Phi) is 4.27. The summed E-state index contributed by atoms with van der Waals surface area (Å²) in [6, 6.07) is 0. The lowest BCUT2D eigenvalue weighted by Crippen LogP contribution is -2.42. The number of sulfonamides is 1. The predicted molar refractivity (Wildman–Crippen MR) is 73.4 cm³/mol. The molecule has 0 atom stereocenters. The molecule has 1 aliphatic heterocycles. The minimum absolute atomic E-state index is 0.0337. The Morgan fingerprint density at radius 3 is 2.68 bits per heavy atom. The molecule has 0 bridgehead atoms. The first-order valence-electron chi connectivity index (χ1n) is 6.69. The molecule has 1 aromatic rings. The van der Waals surface area contributed by atoms with Crippen molar-refractivity contribution in [3.05, 3.63) is 12.0 Å². The van der Waals surface area contributed by atoms with Crippen LogP contribution in [0.25, 0.3) is 0 Å². The molecule has 1 saturated heterocycles. The number of aryl methyl sites for hydroxylation is 1. The summed E-state index contributed by atoms with van der Waals surface area (Å²) in [7, 11) is -3.48. The van der Waals surface area contributed by atoms with Crippen LogP contribution in [-0.4, -0.2) is 38.0 Å². The number of hydrogen-bond donors (Lipinski definition) is 3. The summed E-state index contributed by atoms with van der Waals surface area (Å²) in [5, 5.41) is 3.44. The second-order valence-electron chi connectivity index (χ2n) is 5.43. The van der Waals surface area contributed by atoms with Crippen LogP contribution in [0.4, 0.5) is 0 Å². The molecule has 19 heavy (non-hydrogen) atoms. The van der Waals surface area contributed by atoms with Gasteiger partial charge in [-0.2, -0.15) is 0 Å². The van der Waals surface area contributed by atoms with E-state index in [0.29, 0.717) is 18.8 Å². The number of imidazole rings is 1. The maximum Gasteiger partial charge on any atom is 0.257 e. The fraction of sp³-hybridized carbons (Fsp3) is 0.750. The van der Waals surface area contributed by atoms with Crippen LogP contribution in [0.2, 0.25) is 0 Å². The number of hydrogen-bond acceptors (Lipinski definition) is 4. The van der Waals surface area contributed by atoms with Gasteiger partial charge in [0.25, 0.3) is 10.0 Å². The largest absolute Gasteiger partial charge is 0.332 e. The Morgan fingerprint density at radius 1 is 1.42 bits per heavy atom. The highest BCUT2D eigenvalue weighted by atomic mass is 32.2. The van der Waals surface area contributed by atoms with E-state index in [1.807, 2.05) is 6.92 Å². The molecule has 2 rings (SSSR count). The molecule has 1 fully saturated rings. The van der Waals surface area contributed by atoms with Crippen LogP contribution in [-0.2, 0) is 16.4 Å². The molecule has 0 amide bonds. The lowest BCUT2D eigenvalue weighted by molar-refractivity contribution is 0.232. The molecule has 0 aliphatic carbocycles. The number of H-pyrrole nitrogens is 1. The van der Waals surface area contributed by atoms with E-state index in [1.54, 1.807) is 0 Å². The van der Waals surface area contributed by atoms with Gasteiger partial charge in [-0.3, -0.25) is 0 Å². The van der Waals surface area contributed by atoms with Crippen molar-refractivity contribution in [2.45, 2.75) is 38.1 Å². The third kappa shape index (κ3) is 3.55. The number of aromatic nitrogens is 2. The summed E-state index contributed by atoms with van der Waals surface area (Å²) in [5.74, 6) is 0.688. The summed E-state index contributed by atoms with van der Waals surface area (Å²) in [5.41, 5.74) is 0.0337. The van der Waals surface area contributed by atoms with Crippen molar-refractivity contribution in [2.24, 2.45) is 5.41 Å². The van der Waals surface area contributed by atoms with Crippen LogP contribution in [0, 0.1) is 5.41 Å². The van der Waals surface area contributed by atoms with E-state index in [1.165, 1.54) is 6.20 Å². The summed E-state index contributed by atoms with van der Waals surface area (Å²) in [6.45, 7) is 6.42. The number of aromatic amines is 1. The third-order valence-electron chi connectivity index (χ3n) is 3.73. The molecule has 7 heteroatoms. The monoisotopic (exact) mass is 286 g/mol.